The van der Waals surface area contributed by atoms with Gasteiger partial charge in [0.1, 0.15) is 17.0 Å². The summed E-state index contributed by atoms with van der Waals surface area (Å²) in [6, 6.07) is 20.9. The number of esters is 5. The molecule has 0 unspecified atom stereocenters. The zero-order valence-electron chi connectivity index (χ0n) is 43.2. The number of nitrogens with one attached hydrogen (secondary N) is 2. The zero-order chi connectivity index (χ0) is 51.9. The molecule has 0 aliphatic rings. The molecule has 0 bridgehead atoms. The van der Waals surface area contributed by atoms with Crippen molar-refractivity contribution in [2.24, 2.45) is 21.7 Å². The number of anilines is 4. The molecule has 1 aromatic heterocycles. The molecule has 0 atom stereocenters. The highest BCUT2D eigenvalue weighted by atomic mass is 16.6. The van der Waals surface area contributed by atoms with E-state index >= 15 is 0 Å². The van der Waals surface area contributed by atoms with Gasteiger partial charge in [0.05, 0.1) is 38.6 Å². The van der Waals surface area contributed by atoms with Crippen molar-refractivity contribution >= 4 is 65.3 Å². The van der Waals surface area contributed by atoms with Gasteiger partial charge in [-0.05, 0) is 93.3 Å². The van der Waals surface area contributed by atoms with Crippen LogP contribution >= 0.6 is 0 Å². The second-order valence-electron chi connectivity index (χ2n) is 21.9. The lowest BCUT2D eigenvalue weighted by Crippen LogP contribution is -2.25. The molecule has 376 valence electrons. The Morgan fingerprint density at radius 3 is 1.20 bits per heavy atom. The van der Waals surface area contributed by atoms with Crippen molar-refractivity contribution in [3.8, 4) is 0 Å². The standard InChI is InChI=1S/C55H71N5O10/c1-14-15-28-66-45(61)39-22-26-41(27-23-39)57-51-59-44(31-38-18-16-36(17-19-38)29-42(46(62)67-32-52(2,3)4)47(63)68-33-53(5,6)7)58-50(60-51)56-40-24-20-37(21-25-40)30-43(48(64)69-34-54(8,9)10)49(65)70-35-55(11,12)13/h16-27,29-30H,14-15,28,31-35H2,1-13H3,(H2,56,57,58,59,60). The summed E-state index contributed by atoms with van der Waals surface area (Å²) in [7, 11) is 0. The minimum atomic E-state index is -0.779. The predicted molar refractivity (Wildman–Crippen MR) is 271 cm³/mol. The van der Waals surface area contributed by atoms with Crippen LogP contribution in [0.1, 0.15) is 136 Å². The molecule has 1 heterocycles. The van der Waals surface area contributed by atoms with E-state index in [-0.39, 0.29) is 77.6 Å². The maximum absolute atomic E-state index is 13.2. The van der Waals surface area contributed by atoms with Gasteiger partial charge in [-0.1, -0.05) is 133 Å². The third kappa shape index (κ3) is 20.4. The number of rotatable bonds is 20. The Hall–Kier alpha value is -6.90. The maximum atomic E-state index is 13.2. The summed E-state index contributed by atoms with van der Waals surface area (Å²) in [4.78, 5) is 79.5. The number of carbonyl (C=O) groups is 5. The van der Waals surface area contributed by atoms with Crippen LogP contribution in [0, 0.1) is 21.7 Å². The molecule has 15 nitrogen and oxygen atoms in total. The number of aromatic nitrogens is 3. The molecule has 0 spiro atoms. The minimum Gasteiger partial charge on any atom is -0.462 e. The molecule has 2 N–H and O–H groups in total. The van der Waals surface area contributed by atoms with Crippen molar-refractivity contribution in [3.05, 3.63) is 112 Å². The number of ether oxygens (including phenoxy) is 5. The van der Waals surface area contributed by atoms with Crippen LogP contribution in [0.5, 0.6) is 0 Å². The van der Waals surface area contributed by atoms with Gasteiger partial charge in [-0.3, -0.25) is 0 Å². The van der Waals surface area contributed by atoms with Gasteiger partial charge in [-0.15, -0.1) is 0 Å². The number of nitrogens with zero attached hydrogens (tertiary/aromatic N) is 3. The van der Waals surface area contributed by atoms with Crippen LogP contribution in [0.4, 0.5) is 23.3 Å². The van der Waals surface area contributed by atoms with Gasteiger partial charge in [-0.2, -0.15) is 15.0 Å². The molecule has 4 rings (SSSR count). The third-order valence-corrected chi connectivity index (χ3v) is 9.35. The van der Waals surface area contributed by atoms with Gasteiger partial charge in [0.25, 0.3) is 0 Å². The Balaban J connectivity index is 1.65. The number of hydrogen-bond donors (Lipinski definition) is 2. The molecule has 0 fully saturated rings. The Kier molecular flexibility index (Phi) is 19.6. The van der Waals surface area contributed by atoms with Crippen LogP contribution in [0.3, 0.4) is 0 Å². The van der Waals surface area contributed by atoms with Gasteiger partial charge in [0.2, 0.25) is 11.9 Å². The highest BCUT2D eigenvalue weighted by Gasteiger charge is 2.27. The molecule has 0 saturated heterocycles. The first-order valence-corrected chi connectivity index (χ1v) is 23.5. The van der Waals surface area contributed by atoms with Crippen LogP contribution in [0.15, 0.2) is 83.9 Å². The molecule has 15 heteroatoms. The van der Waals surface area contributed by atoms with Crippen molar-refractivity contribution in [2.75, 3.05) is 43.7 Å². The van der Waals surface area contributed by atoms with E-state index in [1.807, 2.05) is 102 Å². The summed E-state index contributed by atoms with van der Waals surface area (Å²) in [5.41, 5.74) is 1.84. The fraction of sp³-hybridized carbons (Fsp3) is 0.455. The number of carbonyl (C=O) groups excluding carboxylic acids is 5. The molecule has 0 saturated carbocycles. The summed E-state index contributed by atoms with van der Waals surface area (Å²) in [6.07, 6.45) is 4.85. The summed E-state index contributed by atoms with van der Waals surface area (Å²) in [6.45, 7) is 25.9. The largest absolute Gasteiger partial charge is 0.462 e. The average molecular weight is 962 g/mol. The normalized spacial score (nSPS) is 11.7. The second kappa shape index (κ2) is 24.6. The lowest BCUT2D eigenvalue weighted by molar-refractivity contribution is -0.151. The fourth-order valence-corrected chi connectivity index (χ4v) is 5.70. The molecular formula is C55H71N5O10. The molecule has 70 heavy (non-hydrogen) atoms. The molecule has 0 amide bonds. The van der Waals surface area contributed by atoms with Gasteiger partial charge < -0.3 is 34.3 Å². The van der Waals surface area contributed by atoms with Crippen LogP contribution in [-0.2, 0) is 49.3 Å². The van der Waals surface area contributed by atoms with Crippen molar-refractivity contribution in [1.29, 1.82) is 0 Å². The van der Waals surface area contributed by atoms with Crippen molar-refractivity contribution in [2.45, 2.75) is 109 Å². The Bertz CT molecular complexity index is 2280. The van der Waals surface area contributed by atoms with E-state index in [9.17, 15) is 24.0 Å². The van der Waals surface area contributed by atoms with Gasteiger partial charge in [-0.25, -0.2) is 24.0 Å². The average Bonchev–Trinajstić information content (AvgIpc) is 3.27. The van der Waals surface area contributed by atoms with Crippen LogP contribution in [0.2, 0.25) is 0 Å². The topological polar surface area (TPSA) is 194 Å². The van der Waals surface area contributed by atoms with Crippen LogP contribution < -0.4 is 10.6 Å². The van der Waals surface area contributed by atoms with Crippen molar-refractivity contribution in [3.63, 3.8) is 0 Å². The highest BCUT2D eigenvalue weighted by Crippen LogP contribution is 2.24. The zero-order valence-corrected chi connectivity index (χ0v) is 43.2. The number of benzene rings is 3. The Labute approximate surface area is 413 Å². The van der Waals surface area contributed by atoms with Crippen LogP contribution in [0.25, 0.3) is 12.2 Å². The van der Waals surface area contributed by atoms with Crippen molar-refractivity contribution < 1.29 is 47.7 Å². The van der Waals surface area contributed by atoms with E-state index in [2.05, 4.69) is 15.6 Å². The second-order valence-corrected chi connectivity index (χ2v) is 21.9. The molecule has 0 radical (unpaired) electrons. The molecule has 0 aliphatic heterocycles. The lowest BCUT2D eigenvalue weighted by atomic mass is 9.98. The van der Waals surface area contributed by atoms with Gasteiger partial charge in [0.15, 0.2) is 0 Å². The van der Waals surface area contributed by atoms with E-state index in [0.29, 0.717) is 40.5 Å². The van der Waals surface area contributed by atoms with Crippen LogP contribution in [-0.4, -0.2) is 77.8 Å². The molecule has 3 aromatic carbocycles. The van der Waals surface area contributed by atoms with Gasteiger partial charge in [0, 0.05) is 17.8 Å². The Morgan fingerprint density at radius 2 is 0.843 bits per heavy atom. The highest BCUT2D eigenvalue weighted by molar-refractivity contribution is 6.18. The summed E-state index contributed by atoms with van der Waals surface area (Å²) in [5.74, 6) is -2.70. The minimum absolute atomic E-state index is 0.109. The van der Waals surface area contributed by atoms with E-state index in [1.54, 1.807) is 60.7 Å². The fourth-order valence-electron chi connectivity index (χ4n) is 5.70. The number of unbranched alkanes of at least 4 members (excludes halogenated alkanes) is 1. The van der Waals surface area contributed by atoms with E-state index in [4.69, 9.17) is 33.7 Å². The maximum Gasteiger partial charge on any atom is 0.345 e. The molecule has 0 aliphatic carbocycles. The number of hydrogen-bond acceptors (Lipinski definition) is 15. The van der Waals surface area contributed by atoms with E-state index < -0.39 is 29.8 Å². The first-order chi connectivity index (χ1) is 32.6. The lowest BCUT2D eigenvalue weighted by Gasteiger charge is -2.20. The van der Waals surface area contributed by atoms with Gasteiger partial charge >= 0.3 is 29.8 Å². The first-order valence-electron chi connectivity index (χ1n) is 23.5. The van der Waals surface area contributed by atoms with E-state index in [1.165, 1.54) is 12.2 Å². The third-order valence-electron chi connectivity index (χ3n) is 9.35. The smallest absolute Gasteiger partial charge is 0.345 e. The Morgan fingerprint density at radius 1 is 0.486 bits per heavy atom. The quantitative estimate of drug-likeness (QED) is 0.0212. The summed E-state index contributed by atoms with van der Waals surface area (Å²) in [5, 5.41) is 6.44. The monoisotopic (exact) mass is 962 g/mol. The first kappa shape index (κ1) is 55.7. The summed E-state index contributed by atoms with van der Waals surface area (Å²) >= 11 is 0. The van der Waals surface area contributed by atoms with E-state index in [0.717, 1.165) is 18.4 Å². The predicted octanol–water partition coefficient (Wildman–Crippen LogP) is 11.0. The molecule has 4 aromatic rings. The van der Waals surface area contributed by atoms with Crippen molar-refractivity contribution in [1.82, 2.24) is 15.0 Å². The SMILES string of the molecule is CCCCOC(=O)c1ccc(Nc2nc(Cc3ccc(C=C(C(=O)OCC(C)(C)C)C(=O)OCC(C)(C)C)cc3)nc(Nc3ccc(C=C(C(=O)OCC(C)(C)C)C(=O)OCC(C)(C)C)cc3)n2)cc1. The summed E-state index contributed by atoms with van der Waals surface area (Å²) < 4.78 is 27.4. The molecular weight excluding hydrogens is 891 g/mol.